The van der Waals surface area contributed by atoms with Gasteiger partial charge >= 0.3 is 5.97 Å². The molecule has 4 fully saturated rings. The normalized spacial score (nSPS) is 43.1. The second kappa shape index (κ2) is 8.12. The minimum atomic E-state index is -0.474. The molecule has 0 N–H and O–H groups in total. The third-order valence-electron chi connectivity index (χ3n) is 10.0. The van der Waals surface area contributed by atoms with Crippen LogP contribution in [0.25, 0.3) is 0 Å². The van der Waals surface area contributed by atoms with Gasteiger partial charge in [-0.1, -0.05) is 20.8 Å². The Morgan fingerprint density at radius 1 is 1.10 bits per heavy atom. The minimum Gasteiger partial charge on any atom is -0.466 e. The molecule has 4 aliphatic carbocycles. The summed E-state index contributed by atoms with van der Waals surface area (Å²) in [4.78, 5) is 51.1. The van der Waals surface area contributed by atoms with E-state index in [1.165, 1.54) is 0 Å². The molecule has 8 atom stereocenters. The molecule has 0 aromatic heterocycles. The molecule has 0 aromatic rings. The first-order valence-corrected chi connectivity index (χ1v) is 12.4. The van der Waals surface area contributed by atoms with Gasteiger partial charge in [0.15, 0.2) is 0 Å². The van der Waals surface area contributed by atoms with Crippen LogP contribution in [0.2, 0.25) is 0 Å². The van der Waals surface area contributed by atoms with Crippen molar-refractivity contribution in [2.24, 2.45) is 46.3 Å². The first-order chi connectivity index (χ1) is 14.6. The van der Waals surface area contributed by atoms with Crippen LogP contribution in [-0.4, -0.2) is 29.9 Å². The maximum Gasteiger partial charge on any atom is 0.305 e. The molecular formula is C26H38O5. The van der Waals surface area contributed by atoms with E-state index in [9.17, 15) is 19.2 Å². The predicted octanol–water partition coefficient (Wildman–Crippen LogP) is 4.55. The Morgan fingerprint density at radius 2 is 1.84 bits per heavy atom. The molecular weight excluding hydrogens is 392 g/mol. The maximum atomic E-state index is 13.7. The quantitative estimate of drug-likeness (QED) is 0.598. The minimum absolute atomic E-state index is 0.0422. The first-order valence-electron chi connectivity index (χ1n) is 12.4. The first kappa shape index (κ1) is 22.7. The van der Waals surface area contributed by atoms with Crippen molar-refractivity contribution in [2.75, 3.05) is 6.61 Å². The van der Waals surface area contributed by atoms with Gasteiger partial charge in [0.2, 0.25) is 0 Å². The van der Waals surface area contributed by atoms with Crippen LogP contribution in [0.5, 0.6) is 0 Å². The Bertz CT molecular complexity index is 787. The number of ether oxygens (including phenoxy) is 1. The van der Waals surface area contributed by atoms with Gasteiger partial charge in [0.25, 0.3) is 0 Å². The summed E-state index contributed by atoms with van der Waals surface area (Å²) >= 11 is 0. The Hall–Kier alpha value is -1.52. The van der Waals surface area contributed by atoms with Crippen molar-refractivity contribution >= 4 is 23.3 Å². The summed E-state index contributed by atoms with van der Waals surface area (Å²) in [5, 5.41) is 0. The van der Waals surface area contributed by atoms with Crippen LogP contribution in [-0.2, 0) is 23.9 Å². The summed E-state index contributed by atoms with van der Waals surface area (Å²) in [5.41, 5.74) is -0.546. The number of fused-ring (bicyclic) bond motifs is 5. The molecule has 0 aliphatic heterocycles. The van der Waals surface area contributed by atoms with Crippen LogP contribution in [0.1, 0.15) is 85.5 Å². The molecule has 4 saturated carbocycles. The number of ketones is 3. The fraction of sp³-hybridized carbons (Fsp3) is 0.846. The van der Waals surface area contributed by atoms with Crippen LogP contribution in [0, 0.1) is 46.3 Å². The topological polar surface area (TPSA) is 77.5 Å². The number of esters is 1. The van der Waals surface area contributed by atoms with Crippen LogP contribution in [0.3, 0.4) is 0 Å². The Kier molecular flexibility index (Phi) is 5.93. The van der Waals surface area contributed by atoms with E-state index in [-0.39, 0.29) is 52.7 Å². The van der Waals surface area contributed by atoms with Crippen molar-refractivity contribution in [1.82, 2.24) is 0 Å². The summed E-state index contributed by atoms with van der Waals surface area (Å²) in [6.45, 7) is 8.73. The van der Waals surface area contributed by atoms with E-state index >= 15 is 0 Å². The SMILES string of the molecule is CCOC(=O)CC[C@H](C)[C@H]1CC[C@H]2[C@H]3C(=O)C[C@@H]4CC(=O)CC[C@]4(C)[C@H]3CC(=O)[C@]12C. The molecule has 5 heteroatoms. The number of hydrogen-bond acceptors (Lipinski definition) is 5. The van der Waals surface area contributed by atoms with Gasteiger partial charge in [-0.15, -0.1) is 0 Å². The monoisotopic (exact) mass is 430 g/mol. The van der Waals surface area contributed by atoms with Crippen molar-refractivity contribution in [3.05, 3.63) is 0 Å². The fourth-order valence-corrected chi connectivity index (χ4v) is 8.17. The van der Waals surface area contributed by atoms with Crippen LogP contribution in [0.4, 0.5) is 0 Å². The lowest BCUT2D eigenvalue weighted by Crippen LogP contribution is -2.60. The highest BCUT2D eigenvalue weighted by Gasteiger charge is 2.66. The van der Waals surface area contributed by atoms with Gasteiger partial charge in [0.1, 0.15) is 17.3 Å². The second-order valence-corrected chi connectivity index (χ2v) is 11.3. The molecule has 172 valence electrons. The molecule has 0 amide bonds. The van der Waals surface area contributed by atoms with E-state index < -0.39 is 5.41 Å². The highest BCUT2D eigenvalue weighted by Crippen LogP contribution is 2.66. The Morgan fingerprint density at radius 3 is 2.55 bits per heavy atom. The third kappa shape index (κ3) is 3.51. The lowest BCUT2D eigenvalue weighted by atomic mass is 9.44. The molecule has 0 saturated heterocycles. The summed E-state index contributed by atoms with van der Waals surface area (Å²) in [6, 6.07) is 0. The van der Waals surface area contributed by atoms with E-state index in [1.807, 2.05) is 6.92 Å². The van der Waals surface area contributed by atoms with Gasteiger partial charge in [-0.05, 0) is 67.6 Å². The van der Waals surface area contributed by atoms with E-state index in [4.69, 9.17) is 4.74 Å². The molecule has 0 heterocycles. The summed E-state index contributed by atoms with van der Waals surface area (Å²) in [5.74, 6) is 1.44. The molecule has 0 spiro atoms. The number of carbonyl (C=O) groups is 4. The highest BCUT2D eigenvalue weighted by atomic mass is 16.5. The average molecular weight is 431 g/mol. The van der Waals surface area contributed by atoms with Crippen molar-refractivity contribution in [2.45, 2.75) is 85.5 Å². The summed E-state index contributed by atoms with van der Waals surface area (Å²) < 4.78 is 5.09. The van der Waals surface area contributed by atoms with Gasteiger partial charge in [0, 0.05) is 43.4 Å². The van der Waals surface area contributed by atoms with Gasteiger partial charge in [-0.25, -0.2) is 0 Å². The molecule has 31 heavy (non-hydrogen) atoms. The number of carbonyl (C=O) groups excluding carboxylic acids is 4. The zero-order chi connectivity index (χ0) is 22.6. The number of rotatable bonds is 5. The van der Waals surface area contributed by atoms with Crippen LogP contribution < -0.4 is 0 Å². The van der Waals surface area contributed by atoms with E-state index in [0.717, 1.165) is 25.7 Å². The van der Waals surface area contributed by atoms with Crippen LogP contribution in [0.15, 0.2) is 0 Å². The second-order valence-electron chi connectivity index (χ2n) is 11.3. The third-order valence-corrected chi connectivity index (χ3v) is 10.0. The predicted molar refractivity (Wildman–Crippen MR) is 116 cm³/mol. The molecule has 0 unspecified atom stereocenters. The van der Waals surface area contributed by atoms with Crippen molar-refractivity contribution in [1.29, 1.82) is 0 Å². The van der Waals surface area contributed by atoms with Crippen molar-refractivity contribution in [3.8, 4) is 0 Å². The summed E-state index contributed by atoms with van der Waals surface area (Å²) in [6.07, 6.45) is 5.89. The molecule has 4 rings (SSSR count). The van der Waals surface area contributed by atoms with Gasteiger partial charge in [0.05, 0.1) is 6.61 Å². The van der Waals surface area contributed by atoms with Gasteiger partial charge in [-0.2, -0.15) is 0 Å². The fourth-order valence-electron chi connectivity index (χ4n) is 8.17. The van der Waals surface area contributed by atoms with Crippen molar-refractivity contribution in [3.63, 3.8) is 0 Å². The molecule has 0 radical (unpaired) electrons. The van der Waals surface area contributed by atoms with E-state index in [0.29, 0.717) is 50.3 Å². The Balaban J connectivity index is 1.57. The molecule has 5 nitrogen and oxygen atoms in total. The smallest absolute Gasteiger partial charge is 0.305 e. The van der Waals surface area contributed by atoms with E-state index in [2.05, 4.69) is 20.8 Å². The lowest BCUT2D eigenvalue weighted by molar-refractivity contribution is -0.166. The lowest BCUT2D eigenvalue weighted by Gasteiger charge is -2.58. The molecule has 4 aliphatic rings. The standard InChI is InChI=1S/C26H38O5/c1-5-31-23(30)9-6-15(2)18-7-8-19-24-20(14-22(29)26(18,19)4)25(3)11-10-17(27)12-16(25)13-21(24)28/h15-16,18-20,24H,5-14H2,1-4H3/t15-,16-,18+,19-,20-,24+,25-,26+/m0/s1. The maximum absolute atomic E-state index is 13.7. The molecule has 0 aromatic carbocycles. The highest BCUT2D eigenvalue weighted by molar-refractivity contribution is 5.93. The number of Topliss-reactive ketones (excluding diaryl/α,β-unsaturated/α-hetero) is 3. The van der Waals surface area contributed by atoms with Crippen LogP contribution >= 0.6 is 0 Å². The Labute approximate surface area is 186 Å². The molecule has 0 bridgehead atoms. The number of hydrogen-bond donors (Lipinski definition) is 0. The average Bonchev–Trinajstić information content (AvgIpc) is 3.07. The largest absolute Gasteiger partial charge is 0.466 e. The zero-order valence-electron chi connectivity index (χ0n) is 19.6. The van der Waals surface area contributed by atoms with Gasteiger partial charge in [-0.3, -0.25) is 19.2 Å². The van der Waals surface area contributed by atoms with E-state index in [1.54, 1.807) is 0 Å². The summed E-state index contributed by atoms with van der Waals surface area (Å²) in [7, 11) is 0. The zero-order valence-corrected chi connectivity index (χ0v) is 19.6. The van der Waals surface area contributed by atoms with Gasteiger partial charge < -0.3 is 4.74 Å². The van der Waals surface area contributed by atoms with Crippen molar-refractivity contribution < 1.29 is 23.9 Å².